The number of piperidine rings is 1. The second-order valence-electron chi connectivity index (χ2n) is 6.69. The second kappa shape index (κ2) is 6.11. The summed E-state index contributed by atoms with van der Waals surface area (Å²) in [5.41, 5.74) is 2.45. The monoisotopic (exact) mass is 319 g/mol. The number of nitrogens with zero attached hydrogens (tertiary/aromatic N) is 2. The smallest absolute Gasteiger partial charge is 0.271 e. The molecule has 4 heteroatoms. The molecular weight excluding hydrogens is 298 g/mol. The minimum Gasteiger partial charge on any atom is -0.337 e. The van der Waals surface area contributed by atoms with E-state index in [-0.39, 0.29) is 5.91 Å². The molecule has 1 fully saturated rings. The number of nitrogens with one attached hydrogen (secondary N) is 1. The van der Waals surface area contributed by atoms with Crippen LogP contribution in [0, 0.1) is 5.92 Å². The van der Waals surface area contributed by atoms with E-state index in [1.54, 1.807) is 0 Å². The molecule has 4 nitrogen and oxygen atoms in total. The van der Waals surface area contributed by atoms with Crippen molar-refractivity contribution in [2.75, 3.05) is 13.1 Å². The topological polar surface area (TPSA) is 49.0 Å². The van der Waals surface area contributed by atoms with Crippen LogP contribution in [0.1, 0.15) is 30.3 Å². The molecular formula is C20H21N3O. The van der Waals surface area contributed by atoms with Gasteiger partial charge in [0.2, 0.25) is 0 Å². The first-order valence-electron chi connectivity index (χ1n) is 8.55. The summed E-state index contributed by atoms with van der Waals surface area (Å²) in [6, 6.07) is 16.3. The number of H-pyrrole nitrogens is 1. The normalized spacial score (nSPS) is 18.0. The molecule has 2 heterocycles. The zero-order chi connectivity index (χ0) is 16.5. The average molecular weight is 319 g/mol. The highest BCUT2D eigenvalue weighted by atomic mass is 16.2. The first kappa shape index (κ1) is 14.9. The molecule has 1 amide bonds. The number of aromatic nitrogens is 2. The van der Waals surface area contributed by atoms with Crippen LogP contribution in [0.3, 0.4) is 0 Å². The second-order valence-corrected chi connectivity index (χ2v) is 6.69. The molecule has 3 aromatic rings. The zero-order valence-corrected chi connectivity index (χ0v) is 13.8. The van der Waals surface area contributed by atoms with Crippen molar-refractivity contribution < 1.29 is 4.79 Å². The van der Waals surface area contributed by atoms with E-state index in [9.17, 15) is 4.79 Å². The number of fused-ring (bicyclic) bond motifs is 1. The molecule has 1 atom stereocenters. The summed E-state index contributed by atoms with van der Waals surface area (Å²) < 4.78 is 0. The van der Waals surface area contributed by atoms with Crippen LogP contribution < -0.4 is 0 Å². The molecule has 0 unspecified atom stereocenters. The summed E-state index contributed by atoms with van der Waals surface area (Å²) in [6.45, 7) is 3.88. The Morgan fingerprint density at radius 2 is 2.04 bits per heavy atom. The van der Waals surface area contributed by atoms with E-state index in [2.05, 4.69) is 41.4 Å². The first-order valence-corrected chi connectivity index (χ1v) is 8.55. The lowest BCUT2D eigenvalue weighted by Crippen LogP contribution is -2.39. The minimum atomic E-state index is 0.0561. The highest BCUT2D eigenvalue weighted by Gasteiger charge is 2.23. The van der Waals surface area contributed by atoms with Gasteiger partial charge in [-0.15, -0.1) is 0 Å². The predicted molar refractivity (Wildman–Crippen MR) is 95.8 cm³/mol. The molecule has 1 saturated heterocycles. The van der Waals surface area contributed by atoms with Crippen molar-refractivity contribution >= 4 is 16.7 Å². The van der Waals surface area contributed by atoms with E-state index >= 15 is 0 Å². The molecule has 122 valence electrons. The van der Waals surface area contributed by atoms with Crippen LogP contribution in [0.2, 0.25) is 0 Å². The SMILES string of the molecule is C[C@H]1CCCN(C(=O)c2cc(-c3cccc4ccccc34)n[nH]2)C1. The van der Waals surface area contributed by atoms with E-state index in [1.165, 1.54) is 11.8 Å². The number of amides is 1. The number of benzene rings is 2. The van der Waals surface area contributed by atoms with Crippen molar-refractivity contribution in [1.29, 1.82) is 0 Å². The molecule has 0 radical (unpaired) electrons. The van der Waals surface area contributed by atoms with E-state index in [0.717, 1.165) is 36.2 Å². The molecule has 24 heavy (non-hydrogen) atoms. The van der Waals surface area contributed by atoms with Crippen molar-refractivity contribution in [2.24, 2.45) is 5.92 Å². The number of carbonyl (C=O) groups is 1. The highest BCUT2D eigenvalue weighted by Crippen LogP contribution is 2.28. The van der Waals surface area contributed by atoms with Crippen LogP contribution in [-0.2, 0) is 0 Å². The van der Waals surface area contributed by atoms with Gasteiger partial charge in [0.15, 0.2) is 0 Å². The fraction of sp³-hybridized carbons (Fsp3) is 0.300. The van der Waals surface area contributed by atoms with E-state index < -0.39 is 0 Å². The lowest BCUT2D eigenvalue weighted by Gasteiger charge is -2.30. The van der Waals surface area contributed by atoms with Crippen molar-refractivity contribution in [2.45, 2.75) is 19.8 Å². The number of carbonyl (C=O) groups excluding carboxylic acids is 1. The summed E-state index contributed by atoms with van der Waals surface area (Å²) >= 11 is 0. The molecule has 2 aromatic carbocycles. The molecule has 0 bridgehead atoms. The molecule has 0 aliphatic carbocycles. The number of likely N-dealkylation sites (tertiary alicyclic amines) is 1. The number of aromatic amines is 1. The van der Waals surface area contributed by atoms with Crippen LogP contribution in [0.4, 0.5) is 0 Å². The number of rotatable bonds is 2. The molecule has 1 aliphatic rings. The van der Waals surface area contributed by atoms with Gasteiger partial charge in [0.1, 0.15) is 5.69 Å². The van der Waals surface area contributed by atoms with Crippen molar-refractivity contribution in [3.8, 4) is 11.3 Å². The molecule has 0 spiro atoms. The van der Waals surface area contributed by atoms with Gasteiger partial charge in [-0.1, -0.05) is 49.4 Å². The van der Waals surface area contributed by atoms with Gasteiger partial charge < -0.3 is 4.90 Å². The fourth-order valence-electron chi connectivity index (χ4n) is 3.56. The molecule has 1 N–H and O–H groups in total. The van der Waals surface area contributed by atoms with E-state index in [0.29, 0.717) is 11.6 Å². The van der Waals surface area contributed by atoms with Crippen LogP contribution in [0.15, 0.2) is 48.5 Å². The molecule has 1 aromatic heterocycles. The Labute approximate surface area is 141 Å². The van der Waals surface area contributed by atoms with Crippen LogP contribution in [0.25, 0.3) is 22.0 Å². The first-order chi connectivity index (χ1) is 11.7. The summed E-state index contributed by atoms with van der Waals surface area (Å²) in [5.74, 6) is 0.628. The van der Waals surface area contributed by atoms with Crippen molar-refractivity contribution in [3.63, 3.8) is 0 Å². The predicted octanol–water partition coefficient (Wildman–Crippen LogP) is 4.10. The Bertz CT molecular complexity index is 878. The Morgan fingerprint density at radius 1 is 1.21 bits per heavy atom. The van der Waals surface area contributed by atoms with Gasteiger partial charge in [-0.05, 0) is 35.6 Å². The third-order valence-electron chi connectivity index (χ3n) is 4.82. The summed E-state index contributed by atoms with van der Waals surface area (Å²) in [6.07, 6.45) is 2.28. The largest absolute Gasteiger partial charge is 0.337 e. The standard InChI is InChI=1S/C20H21N3O/c1-14-6-5-11-23(13-14)20(24)19-12-18(21-22-19)17-10-4-8-15-7-2-3-9-16(15)17/h2-4,7-10,12,14H,5-6,11,13H2,1H3,(H,21,22)/t14-/m0/s1. The molecule has 0 saturated carbocycles. The van der Waals surface area contributed by atoms with Gasteiger partial charge in [0, 0.05) is 18.7 Å². The van der Waals surface area contributed by atoms with E-state index in [1.807, 2.05) is 29.2 Å². The lowest BCUT2D eigenvalue weighted by molar-refractivity contribution is 0.0677. The molecule has 1 aliphatic heterocycles. The fourth-order valence-corrected chi connectivity index (χ4v) is 3.56. The van der Waals surface area contributed by atoms with Crippen molar-refractivity contribution in [1.82, 2.24) is 15.1 Å². The maximum absolute atomic E-state index is 12.7. The number of hydrogen-bond donors (Lipinski definition) is 1. The van der Waals surface area contributed by atoms with Crippen molar-refractivity contribution in [3.05, 3.63) is 54.2 Å². The van der Waals surface area contributed by atoms with Crippen LogP contribution in [-0.4, -0.2) is 34.1 Å². The summed E-state index contributed by atoms with van der Waals surface area (Å²) in [4.78, 5) is 14.6. The average Bonchev–Trinajstić information content (AvgIpc) is 3.10. The highest BCUT2D eigenvalue weighted by molar-refractivity contribution is 5.98. The molecule has 4 rings (SSSR count). The van der Waals surface area contributed by atoms with Gasteiger partial charge in [-0.25, -0.2) is 0 Å². The lowest BCUT2D eigenvalue weighted by atomic mass is 10.00. The van der Waals surface area contributed by atoms with E-state index in [4.69, 9.17) is 0 Å². The van der Waals surface area contributed by atoms with Gasteiger partial charge >= 0.3 is 0 Å². The maximum Gasteiger partial charge on any atom is 0.271 e. The quantitative estimate of drug-likeness (QED) is 0.773. The third-order valence-corrected chi connectivity index (χ3v) is 4.82. The summed E-state index contributed by atoms with van der Waals surface area (Å²) in [7, 11) is 0. The van der Waals surface area contributed by atoms with Gasteiger partial charge in [0.25, 0.3) is 5.91 Å². The third kappa shape index (κ3) is 2.68. The van der Waals surface area contributed by atoms with Crippen LogP contribution in [0.5, 0.6) is 0 Å². The Morgan fingerprint density at radius 3 is 2.92 bits per heavy atom. The zero-order valence-electron chi connectivity index (χ0n) is 13.8. The Balaban J connectivity index is 1.66. The van der Waals surface area contributed by atoms with Gasteiger partial charge in [-0.2, -0.15) is 5.10 Å². The minimum absolute atomic E-state index is 0.0561. The number of hydrogen-bond acceptors (Lipinski definition) is 2. The van der Waals surface area contributed by atoms with Gasteiger partial charge in [-0.3, -0.25) is 9.89 Å². The maximum atomic E-state index is 12.7. The Hall–Kier alpha value is -2.62. The Kier molecular flexibility index (Phi) is 3.81. The van der Waals surface area contributed by atoms with Crippen LogP contribution >= 0.6 is 0 Å². The summed E-state index contributed by atoms with van der Waals surface area (Å²) in [5, 5.41) is 9.67. The van der Waals surface area contributed by atoms with Gasteiger partial charge in [0.05, 0.1) is 5.69 Å².